The van der Waals surface area contributed by atoms with Gasteiger partial charge in [-0.25, -0.2) is 0 Å². The monoisotopic (exact) mass is 359 g/mol. The number of nitrogens with one attached hydrogen (secondary N) is 1. The maximum atomic E-state index is 12.6. The van der Waals surface area contributed by atoms with Gasteiger partial charge >= 0.3 is 0 Å². The molecule has 1 atom stereocenters. The van der Waals surface area contributed by atoms with Crippen molar-refractivity contribution < 1.29 is 9.53 Å². The molecule has 2 aromatic rings. The highest BCUT2D eigenvalue weighted by atomic mass is 35.5. The summed E-state index contributed by atoms with van der Waals surface area (Å²) in [4.78, 5) is 19.4. The number of rotatable bonds is 5. The minimum atomic E-state index is -0.116. The van der Waals surface area contributed by atoms with E-state index in [-0.39, 0.29) is 11.9 Å². The van der Waals surface area contributed by atoms with Gasteiger partial charge in [0.05, 0.1) is 24.9 Å². The van der Waals surface area contributed by atoms with Crippen molar-refractivity contribution in [1.29, 1.82) is 0 Å². The third-order valence-electron chi connectivity index (χ3n) is 4.42. The van der Waals surface area contributed by atoms with Crippen molar-refractivity contribution in [2.45, 2.75) is 13.0 Å². The zero-order valence-electron chi connectivity index (χ0n) is 14.2. The number of ether oxygens (including phenoxy) is 1. The van der Waals surface area contributed by atoms with Gasteiger partial charge in [0.15, 0.2) is 0 Å². The molecule has 0 radical (unpaired) electrons. The van der Waals surface area contributed by atoms with Crippen molar-refractivity contribution in [3.8, 4) is 0 Å². The molecular weight excluding hydrogens is 338 g/mol. The normalized spacial score (nSPS) is 16.4. The summed E-state index contributed by atoms with van der Waals surface area (Å²) in [7, 11) is 0. The third-order valence-corrected chi connectivity index (χ3v) is 4.65. The number of benzene rings is 1. The van der Waals surface area contributed by atoms with E-state index in [0.717, 1.165) is 24.3 Å². The van der Waals surface area contributed by atoms with Crippen LogP contribution >= 0.6 is 11.6 Å². The van der Waals surface area contributed by atoms with Crippen LogP contribution in [0.5, 0.6) is 0 Å². The smallest absolute Gasteiger partial charge is 0.251 e. The predicted molar refractivity (Wildman–Crippen MR) is 97.9 cm³/mol. The maximum absolute atomic E-state index is 12.6. The zero-order chi connectivity index (χ0) is 17.6. The van der Waals surface area contributed by atoms with Gasteiger partial charge in [0.1, 0.15) is 0 Å². The van der Waals surface area contributed by atoms with Gasteiger partial charge in [0, 0.05) is 36.4 Å². The fourth-order valence-electron chi connectivity index (χ4n) is 3.01. The number of aryl methyl sites for hydroxylation is 1. The molecule has 0 aliphatic carbocycles. The summed E-state index contributed by atoms with van der Waals surface area (Å²) in [6.07, 6.45) is 1.78. The van der Waals surface area contributed by atoms with Crippen molar-refractivity contribution in [2.75, 3.05) is 32.8 Å². The van der Waals surface area contributed by atoms with Gasteiger partial charge in [-0.2, -0.15) is 0 Å². The quantitative estimate of drug-likeness (QED) is 0.891. The Labute approximate surface area is 153 Å². The number of carbonyl (C=O) groups is 1. The third kappa shape index (κ3) is 4.57. The summed E-state index contributed by atoms with van der Waals surface area (Å²) in [5, 5.41) is 3.60. The molecule has 0 unspecified atom stereocenters. The molecule has 1 aromatic carbocycles. The number of halogens is 1. The first-order valence-electron chi connectivity index (χ1n) is 8.42. The van der Waals surface area contributed by atoms with E-state index in [0.29, 0.717) is 30.3 Å². The molecule has 1 saturated heterocycles. The second-order valence-electron chi connectivity index (χ2n) is 6.09. The van der Waals surface area contributed by atoms with Crippen LogP contribution in [-0.4, -0.2) is 48.6 Å². The van der Waals surface area contributed by atoms with Crippen molar-refractivity contribution in [2.24, 2.45) is 0 Å². The summed E-state index contributed by atoms with van der Waals surface area (Å²) in [6.45, 7) is 5.45. The number of hydrogen-bond donors (Lipinski definition) is 1. The first-order chi connectivity index (χ1) is 12.1. The average molecular weight is 360 g/mol. The van der Waals surface area contributed by atoms with Crippen LogP contribution < -0.4 is 5.32 Å². The molecule has 5 nitrogen and oxygen atoms in total. The first kappa shape index (κ1) is 17.9. The molecule has 1 aliphatic rings. The SMILES string of the molecule is Cc1ccc(Cl)cc1C(=O)NC[C@@H](c1ccccn1)N1CCOCC1. The molecule has 132 valence electrons. The minimum absolute atomic E-state index is 0.0218. The highest BCUT2D eigenvalue weighted by Gasteiger charge is 2.24. The van der Waals surface area contributed by atoms with Crippen molar-refractivity contribution in [3.05, 3.63) is 64.4 Å². The fourth-order valence-corrected chi connectivity index (χ4v) is 3.18. The Bertz CT molecular complexity index is 718. The van der Waals surface area contributed by atoms with Crippen LogP contribution in [0.4, 0.5) is 0 Å². The number of pyridine rings is 1. The van der Waals surface area contributed by atoms with Crippen molar-refractivity contribution in [1.82, 2.24) is 15.2 Å². The van der Waals surface area contributed by atoms with Gasteiger partial charge in [-0.3, -0.25) is 14.7 Å². The highest BCUT2D eigenvalue weighted by Crippen LogP contribution is 2.20. The number of carbonyl (C=O) groups excluding carboxylic acids is 1. The lowest BCUT2D eigenvalue weighted by molar-refractivity contribution is 0.0154. The number of morpholine rings is 1. The zero-order valence-corrected chi connectivity index (χ0v) is 15.0. The molecular formula is C19H22ClN3O2. The molecule has 25 heavy (non-hydrogen) atoms. The van der Waals surface area contributed by atoms with Crippen LogP contribution in [0.3, 0.4) is 0 Å². The van der Waals surface area contributed by atoms with Gasteiger partial charge in [0.2, 0.25) is 0 Å². The second-order valence-corrected chi connectivity index (χ2v) is 6.52. The lowest BCUT2D eigenvalue weighted by Gasteiger charge is -2.34. The maximum Gasteiger partial charge on any atom is 0.251 e. The lowest BCUT2D eigenvalue weighted by atomic mass is 10.1. The van der Waals surface area contributed by atoms with E-state index in [1.54, 1.807) is 18.3 Å². The molecule has 3 rings (SSSR count). The lowest BCUT2D eigenvalue weighted by Crippen LogP contribution is -2.44. The van der Waals surface area contributed by atoms with Crippen LogP contribution in [0.15, 0.2) is 42.6 Å². The van der Waals surface area contributed by atoms with Gasteiger partial charge in [0.25, 0.3) is 5.91 Å². The molecule has 2 heterocycles. The van der Waals surface area contributed by atoms with Gasteiger partial charge in [-0.05, 0) is 36.8 Å². The van der Waals surface area contributed by atoms with Gasteiger partial charge in [-0.15, -0.1) is 0 Å². The number of aromatic nitrogens is 1. The molecule has 0 bridgehead atoms. The Hall–Kier alpha value is -1.95. The van der Waals surface area contributed by atoms with E-state index >= 15 is 0 Å². The van der Waals surface area contributed by atoms with E-state index in [1.807, 2.05) is 31.2 Å². The molecule has 1 aromatic heterocycles. The molecule has 6 heteroatoms. The number of nitrogens with zero attached hydrogens (tertiary/aromatic N) is 2. The van der Waals surface area contributed by atoms with Crippen molar-refractivity contribution >= 4 is 17.5 Å². The molecule has 1 fully saturated rings. The van der Waals surface area contributed by atoms with E-state index in [2.05, 4.69) is 15.2 Å². The molecule has 0 spiro atoms. The topological polar surface area (TPSA) is 54.5 Å². The Morgan fingerprint density at radius 3 is 2.84 bits per heavy atom. The summed E-state index contributed by atoms with van der Waals surface area (Å²) >= 11 is 6.03. The van der Waals surface area contributed by atoms with E-state index < -0.39 is 0 Å². The number of amides is 1. The largest absolute Gasteiger partial charge is 0.379 e. The summed E-state index contributed by atoms with van der Waals surface area (Å²) < 4.78 is 5.45. The van der Waals surface area contributed by atoms with Crippen LogP contribution in [0.1, 0.15) is 27.7 Å². The minimum Gasteiger partial charge on any atom is -0.379 e. The predicted octanol–water partition coefficient (Wildman–Crippen LogP) is 2.85. The standard InChI is InChI=1S/C19H22ClN3O2/c1-14-5-6-15(20)12-16(14)19(24)22-13-18(17-4-2-3-7-21-17)23-8-10-25-11-9-23/h2-7,12,18H,8-11,13H2,1H3,(H,22,24)/t18-/m0/s1. The Morgan fingerprint density at radius 1 is 1.32 bits per heavy atom. The van der Waals surface area contributed by atoms with E-state index in [9.17, 15) is 4.79 Å². The summed E-state index contributed by atoms with van der Waals surface area (Å²) in [5.74, 6) is -0.116. The number of hydrogen-bond acceptors (Lipinski definition) is 4. The van der Waals surface area contributed by atoms with Gasteiger partial charge < -0.3 is 10.1 Å². The Balaban J connectivity index is 1.74. The van der Waals surface area contributed by atoms with E-state index in [1.165, 1.54) is 0 Å². The first-order valence-corrected chi connectivity index (χ1v) is 8.80. The summed E-state index contributed by atoms with van der Waals surface area (Å²) in [6, 6.07) is 11.2. The molecule has 1 amide bonds. The fraction of sp³-hybridized carbons (Fsp3) is 0.368. The van der Waals surface area contributed by atoms with E-state index in [4.69, 9.17) is 16.3 Å². The Morgan fingerprint density at radius 2 is 2.12 bits per heavy atom. The van der Waals surface area contributed by atoms with Crippen LogP contribution in [-0.2, 0) is 4.74 Å². The second kappa shape index (κ2) is 8.43. The molecule has 1 aliphatic heterocycles. The van der Waals surface area contributed by atoms with Gasteiger partial charge in [-0.1, -0.05) is 23.7 Å². The average Bonchev–Trinajstić information content (AvgIpc) is 2.65. The van der Waals surface area contributed by atoms with Crippen LogP contribution in [0.25, 0.3) is 0 Å². The summed E-state index contributed by atoms with van der Waals surface area (Å²) in [5.41, 5.74) is 2.46. The van der Waals surface area contributed by atoms with Crippen LogP contribution in [0.2, 0.25) is 5.02 Å². The Kier molecular flexibility index (Phi) is 6.02. The molecule has 0 saturated carbocycles. The van der Waals surface area contributed by atoms with Crippen molar-refractivity contribution in [3.63, 3.8) is 0 Å². The van der Waals surface area contributed by atoms with Crippen LogP contribution in [0, 0.1) is 6.92 Å². The highest BCUT2D eigenvalue weighted by molar-refractivity contribution is 6.31. The molecule has 1 N–H and O–H groups in total.